The van der Waals surface area contributed by atoms with E-state index in [0.29, 0.717) is 6.04 Å². The van der Waals surface area contributed by atoms with Crippen molar-refractivity contribution in [1.82, 2.24) is 9.55 Å². The van der Waals surface area contributed by atoms with E-state index < -0.39 is 0 Å². The quantitative estimate of drug-likeness (QED) is 0.783. The third kappa shape index (κ3) is 1.57. The van der Waals surface area contributed by atoms with E-state index in [2.05, 4.69) is 16.5 Å². The van der Waals surface area contributed by atoms with E-state index in [9.17, 15) is 0 Å². The number of nitrogens with two attached hydrogens (primary N) is 1. The van der Waals surface area contributed by atoms with Gasteiger partial charge in [0.2, 0.25) is 0 Å². The van der Waals surface area contributed by atoms with Gasteiger partial charge in [-0.1, -0.05) is 13.3 Å². The lowest BCUT2D eigenvalue weighted by molar-refractivity contribution is 0.392. The fourth-order valence-corrected chi connectivity index (χ4v) is 2.48. The van der Waals surface area contributed by atoms with Crippen molar-refractivity contribution in [1.29, 1.82) is 0 Å². The molecule has 0 aliphatic heterocycles. The second-order valence-corrected chi connectivity index (χ2v) is 4.49. The minimum absolute atomic E-state index is 0.0882. The van der Waals surface area contributed by atoms with Crippen molar-refractivity contribution in [2.24, 2.45) is 11.7 Å². The highest BCUT2D eigenvalue weighted by Crippen LogP contribution is 2.36. The Balaban J connectivity index is 2.26. The van der Waals surface area contributed by atoms with Crippen LogP contribution in [0.25, 0.3) is 0 Å². The number of hydrogen-bond acceptors (Lipinski definition) is 2. The number of hydrogen-bond donors (Lipinski definition) is 1. The Bertz CT molecular complexity index is 303. The summed E-state index contributed by atoms with van der Waals surface area (Å²) >= 11 is 0. The summed E-state index contributed by atoms with van der Waals surface area (Å²) in [5.41, 5.74) is 7.08. The summed E-state index contributed by atoms with van der Waals surface area (Å²) in [5, 5.41) is 0. The maximum Gasteiger partial charge on any atom is 0.0951 e. The molecule has 0 radical (unpaired) electrons. The van der Waals surface area contributed by atoms with Crippen LogP contribution in [-0.2, 0) is 0 Å². The molecule has 0 spiro atoms. The summed E-state index contributed by atoms with van der Waals surface area (Å²) < 4.78 is 2.28. The molecule has 0 saturated heterocycles. The molecule has 2 rings (SSSR count). The highest BCUT2D eigenvalue weighted by atomic mass is 15.1. The van der Waals surface area contributed by atoms with Gasteiger partial charge in [-0.2, -0.15) is 0 Å². The first-order chi connectivity index (χ1) is 6.70. The first-order valence-corrected chi connectivity index (χ1v) is 5.47. The molecule has 1 aliphatic rings. The van der Waals surface area contributed by atoms with Crippen LogP contribution in [0.5, 0.6) is 0 Å². The predicted octanol–water partition coefficient (Wildman–Crippen LogP) is 2.26. The van der Waals surface area contributed by atoms with Crippen molar-refractivity contribution >= 4 is 0 Å². The van der Waals surface area contributed by atoms with Gasteiger partial charge in [0.05, 0.1) is 12.0 Å². The van der Waals surface area contributed by atoms with Gasteiger partial charge in [-0.05, 0) is 25.7 Å². The number of aromatic nitrogens is 2. The van der Waals surface area contributed by atoms with Gasteiger partial charge in [-0.25, -0.2) is 4.98 Å². The van der Waals surface area contributed by atoms with Gasteiger partial charge in [0, 0.05) is 18.3 Å². The summed E-state index contributed by atoms with van der Waals surface area (Å²) in [6.45, 7) is 4.34. The lowest BCUT2D eigenvalue weighted by Gasteiger charge is -2.21. The zero-order valence-electron chi connectivity index (χ0n) is 8.98. The number of imidazole rings is 1. The Morgan fingerprint density at radius 2 is 2.36 bits per heavy atom. The topological polar surface area (TPSA) is 43.8 Å². The molecular weight excluding hydrogens is 174 g/mol. The van der Waals surface area contributed by atoms with Gasteiger partial charge in [-0.3, -0.25) is 0 Å². The third-order valence-electron chi connectivity index (χ3n) is 3.34. The van der Waals surface area contributed by atoms with Crippen LogP contribution in [0.15, 0.2) is 12.5 Å². The van der Waals surface area contributed by atoms with Crippen molar-refractivity contribution in [2.75, 3.05) is 0 Å². The van der Waals surface area contributed by atoms with Crippen LogP contribution in [-0.4, -0.2) is 9.55 Å². The maximum absolute atomic E-state index is 5.91. The Kier molecular flexibility index (Phi) is 2.59. The van der Waals surface area contributed by atoms with Crippen LogP contribution in [0.4, 0.5) is 0 Å². The molecule has 1 aromatic heterocycles. The van der Waals surface area contributed by atoms with E-state index in [1.807, 2.05) is 19.4 Å². The standard InChI is InChI=1S/C11H19N3/c1-8-4-3-5-10(8)14-7-13-6-11(14)9(2)12/h6-10H,3-5,12H2,1-2H3/t8?,9-,10?/m0/s1. The van der Waals surface area contributed by atoms with E-state index in [1.54, 1.807) is 0 Å². The minimum atomic E-state index is 0.0882. The highest BCUT2D eigenvalue weighted by Gasteiger charge is 2.26. The van der Waals surface area contributed by atoms with Crippen LogP contribution in [0.1, 0.15) is 50.9 Å². The van der Waals surface area contributed by atoms with E-state index in [0.717, 1.165) is 5.92 Å². The molecule has 2 unspecified atom stereocenters. The zero-order chi connectivity index (χ0) is 10.1. The molecular formula is C11H19N3. The number of rotatable bonds is 2. The second-order valence-electron chi connectivity index (χ2n) is 4.49. The average Bonchev–Trinajstić information content (AvgIpc) is 2.70. The summed E-state index contributed by atoms with van der Waals surface area (Å²) in [5.74, 6) is 0.765. The number of nitrogens with zero attached hydrogens (tertiary/aromatic N) is 2. The van der Waals surface area contributed by atoms with Crippen molar-refractivity contribution in [2.45, 2.75) is 45.2 Å². The van der Waals surface area contributed by atoms with Crippen molar-refractivity contribution in [3.63, 3.8) is 0 Å². The molecule has 1 heterocycles. The monoisotopic (exact) mass is 193 g/mol. The van der Waals surface area contributed by atoms with Crippen LogP contribution in [0, 0.1) is 5.92 Å². The Morgan fingerprint density at radius 3 is 2.93 bits per heavy atom. The summed E-state index contributed by atoms with van der Waals surface area (Å²) in [6, 6.07) is 0.712. The molecule has 0 aromatic carbocycles. The van der Waals surface area contributed by atoms with Crippen LogP contribution in [0.2, 0.25) is 0 Å². The van der Waals surface area contributed by atoms with E-state index in [4.69, 9.17) is 5.73 Å². The molecule has 0 amide bonds. The van der Waals surface area contributed by atoms with Gasteiger partial charge < -0.3 is 10.3 Å². The van der Waals surface area contributed by atoms with E-state index in [1.165, 1.54) is 25.0 Å². The zero-order valence-corrected chi connectivity index (χ0v) is 8.98. The van der Waals surface area contributed by atoms with Gasteiger partial charge >= 0.3 is 0 Å². The van der Waals surface area contributed by atoms with Crippen LogP contribution < -0.4 is 5.73 Å². The first-order valence-electron chi connectivity index (χ1n) is 5.47. The molecule has 3 atom stereocenters. The minimum Gasteiger partial charge on any atom is -0.330 e. The highest BCUT2D eigenvalue weighted by molar-refractivity contribution is 5.06. The summed E-state index contributed by atoms with van der Waals surface area (Å²) in [4.78, 5) is 4.21. The molecule has 3 nitrogen and oxygen atoms in total. The van der Waals surface area contributed by atoms with Gasteiger partial charge in [0.25, 0.3) is 0 Å². The Hall–Kier alpha value is -0.830. The fourth-order valence-electron chi connectivity index (χ4n) is 2.48. The maximum atomic E-state index is 5.91. The molecule has 2 N–H and O–H groups in total. The summed E-state index contributed by atoms with van der Waals surface area (Å²) in [7, 11) is 0. The van der Waals surface area contributed by atoms with Gasteiger partial charge in [0.1, 0.15) is 0 Å². The SMILES string of the molecule is CC1CCCC1n1cncc1[C@H](C)N. The van der Waals surface area contributed by atoms with Crippen LogP contribution in [0.3, 0.4) is 0 Å². The van der Waals surface area contributed by atoms with E-state index >= 15 is 0 Å². The normalized spacial score (nSPS) is 29.4. The molecule has 3 heteroatoms. The lowest BCUT2D eigenvalue weighted by Crippen LogP contribution is -2.17. The predicted molar refractivity (Wildman–Crippen MR) is 56.9 cm³/mol. The summed E-state index contributed by atoms with van der Waals surface area (Å²) in [6.07, 6.45) is 7.78. The third-order valence-corrected chi connectivity index (χ3v) is 3.34. The molecule has 14 heavy (non-hydrogen) atoms. The largest absolute Gasteiger partial charge is 0.330 e. The lowest BCUT2D eigenvalue weighted by atomic mass is 10.1. The van der Waals surface area contributed by atoms with Crippen LogP contribution >= 0.6 is 0 Å². The Labute approximate surface area is 85.3 Å². The smallest absolute Gasteiger partial charge is 0.0951 e. The molecule has 1 aliphatic carbocycles. The van der Waals surface area contributed by atoms with Gasteiger partial charge in [-0.15, -0.1) is 0 Å². The molecule has 1 aromatic rings. The van der Waals surface area contributed by atoms with Crippen molar-refractivity contribution in [3.8, 4) is 0 Å². The average molecular weight is 193 g/mol. The first kappa shape index (κ1) is 9.71. The Morgan fingerprint density at radius 1 is 1.57 bits per heavy atom. The molecule has 1 saturated carbocycles. The molecule has 0 bridgehead atoms. The van der Waals surface area contributed by atoms with Gasteiger partial charge in [0.15, 0.2) is 0 Å². The van der Waals surface area contributed by atoms with Crippen molar-refractivity contribution in [3.05, 3.63) is 18.2 Å². The molecule has 78 valence electrons. The fraction of sp³-hybridized carbons (Fsp3) is 0.727. The molecule has 1 fully saturated rings. The van der Waals surface area contributed by atoms with E-state index in [-0.39, 0.29) is 6.04 Å². The second kappa shape index (κ2) is 3.73. The van der Waals surface area contributed by atoms with Crippen molar-refractivity contribution < 1.29 is 0 Å².